The third-order valence-corrected chi connectivity index (χ3v) is 6.33. The fourth-order valence-electron chi connectivity index (χ4n) is 4.49. The van der Waals surface area contributed by atoms with Crippen LogP contribution in [0.25, 0.3) is 17.1 Å². The van der Waals surface area contributed by atoms with Crippen LogP contribution in [0, 0.1) is 6.92 Å². The number of carbonyl (C=O) groups excluding carboxylic acids is 1. The summed E-state index contributed by atoms with van der Waals surface area (Å²) in [6.45, 7) is 5.33. The van der Waals surface area contributed by atoms with Crippen molar-refractivity contribution in [2.24, 2.45) is 0 Å². The summed E-state index contributed by atoms with van der Waals surface area (Å²) in [6, 6.07) is 9.68. The maximum Gasteiger partial charge on any atom is 0.345 e. The van der Waals surface area contributed by atoms with Gasteiger partial charge in [-0.15, -0.1) is 0 Å². The Morgan fingerprint density at radius 3 is 2.88 bits per heavy atom. The summed E-state index contributed by atoms with van der Waals surface area (Å²) in [5.74, 6) is -2.14. The quantitative estimate of drug-likeness (QED) is 0.365. The number of aromatic nitrogens is 2. The molecule has 0 saturated carbocycles. The number of hydrogen-bond donors (Lipinski definition) is 3. The average Bonchev–Trinajstić information content (AvgIpc) is 3.55. The Kier molecular flexibility index (Phi) is 5.90. The van der Waals surface area contributed by atoms with Gasteiger partial charge in [0.1, 0.15) is 5.65 Å². The van der Waals surface area contributed by atoms with Gasteiger partial charge in [0.15, 0.2) is 11.3 Å². The lowest BCUT2D eigenvalue weighted by atomic mass is 10.1. The number of likely N-dealkylation sites (tertiary alicyclic amines) is 1. The SMILES string of the molecule is Cc1cc(CCN2CCCC2)ccc1NC1=C(C(=O)O)C(=O)/C(=C/c2c[nH]c3ncccc23)O1. The molecule has 174 valence electrons. The average molecular weight is 459 g/mol. The van der Waals surface area contributed by atoms with Gasteiger partial charge in [-0.3, -0.25) is 4.79 Å². The Labute approximate surface area is 196 Å². The molecule has 8 heteroatoms. The molecule has 0 radical (unpaired) electrons. The van der Waals surface area contributed by atoms with Gasteiger partial charge in [0.2, 0.25) is 11.7 Å². The number of fused-ring (bicyclic) bond motifs is 1. The molecular weight excluding hydrogens is 432 g/mol. The third kappa shape index (κ3) is 4.32. The van der Waals surface area contributed by atoms with Crippen molar-refractivity contribution in [2.75, 3.05) is 25.0 Å². The summed E-state index contributed by atoms with van der Waals surface area (Å²) >= 11 is 0. The van der Waals surface area contributed by atoms with Crippen molar-refractivity contribution in [1.29, 1.82) is 0 Å². The lowest BCUT2D eigenvalue weighted by molar-refractivity contribution is -0.134. The largest absolute Gasteiger partial charge is 0.477 e. The minimum absolute atomic E-state index is 0.0514. The highest BCUT2D eigenvalue weighted by Gasteiger charge is 2.36. The Morgan fingerprint density at radius 1 is 1.29 bits per heavy atom. The molecule has 1 aromatic carbocycles. The van der Waals surface area contributed by atoms with Gasteiger partial charge in [-0.05, 0) is 74.7 Å². The number of benzene rings is 1. The van der Waals surface area contributed by atoms with Crippen LogP contribution in [0.3, 0.4) is 0 Å². The van der Waals surface area contributed by atoms with Crippen LogP contribution >= 0.6 is 0 Å². The number of nitrogens with zero attached hydrogens (tertiary/aromatic N) is 2. The summed E-state index contributed by atoms with van der Waals surface area (Å²) in [7, 11) is 0. The van der Waals surface area contributed by atoms with E-state index in [1.807, 2.05) is 25.1 Å². The molecule has 3 aromatic rings. The van der Waals surface area contributed by atoms with E-state index in [-0.39, 0.29) is 11.6 Å². The first kappa shape index (κ1) is 21.9. The molecule has 3 N–H and O–H groups in total. The van der Waals surface area contributed by atoms with Crippen LogP contribution in [0.1, 0.15) is 29.5 Å². The van der Waals surface area contributed by atoms with E-state index in [0.29, 0.717) is 16.9 Å². The Morgan fingerprint density at radius 2 is 2.12 bits per heavy atom. The normalized spacial score (nSPS) is 17.7. The van der Waals surface area contributed by atoms with Gasteiger partial charge in [-0.25, -0.2) is 9.78 Å². The molecule has 34 heavy (non-hydrogen) atoms. The van der Waals surface area contributed by atoms with Gasteiger partial charge in [0.05, 0.1) is 0 Å². The van der Waals surface area contributed by atoms with Gasteiger partial charge in [0, 0.05) is 35.6 Å². The number of aromatic amines is 1. The number of carboxylic acid groups (broad SMARTS) is 1. The van der Waals surface area contributed by atoms with Crippen LogP contribution in [0.15, 0.2) is 59.9 Å². The van der Waals surface area contributed by atoms with Gasteiger partial charge in [0.25, 0.3) is 0 Å². The fraction of sp³-hybridized carbons (Fsp3) is 0.269. The first-order valence-corrected chi connectivity index (χ1v) is 11.4. The number of H-pyrrole nitrogens is 1. The highest BCUT2D eigenvalue weighted by Crippen LogP contribution is 2.30. The van der Waals surface area contributed by atoms with Crippen molar-refractivity contribution in [1.82, 2.24) is 14.9 Å². The monoisotopic (exact) mass is 458 g/mol. The number of allylic oxidation sites excluding steroid dienone is 1. The first-order valence-electron chi connectivity index (χ1n) is 11.4. The summed E-state index contributed by atoms with van der Waals surface area (Å²) < 4.78 is 5.73. The number of carbonyl (C=O) groups is 2. The smallest absolute Gasteiger partial charge is 0.345 e. The molecule has 0 unspecified atom stereocenters. The number of ether oxygens (including phenoxy) is 1. The standard InChI is InChI=1S/C26H26N4O4/c1-16-13-17(8-12-30-10-2-3-11-30)6-7-20(16)29-25-22(26(32)33)23(31)21(34-25)14-18-15-28-24-19(18)5-4-9-27-24/h4-7,9,13-15,29H,2-3,8,10-12H2,1H3,(H,27,28)(H,32,33)/b21-14-. The number of ketones is 1. The Balaban J connectivity index is 1.36. The molecule has 2 aliphatic rings. The highest BCUT2D eigenvalue weighted by molar-refractivity contribution is 6.26. The summed E-state index contributed by atoms with van der Waals surface area (Å²) in [6.07, 6.45) is 8.42. The molecule has 2 aliphatic heterocycles. The van der Waals surface area contributed by atoms with E-state index in [1.54, 1.807) is 18.5 Å². The van der Waals surface area contributed by atoms with E-state index in [0.717, 1.165) is 23.9 Å². The zero-order valence-electron chi connectivity index (χ0n) is 18.9. The van der Waals surface area contributed by atoms with Crippen molar-refractivity contribution < 1.29 is 19.4 Å². The molecule has 0 aliphatic carbocycles. The van der Waals surface area contributed by atoms with Crippen molar-refractivity contribution in [3.8, 4) is 0 Å². The second-order valence-electron chi connectivity index (χ2n) is 8.67. The summed E-state index contributed by atoms with van der Waals surface area (Å²) in [5.41, 5.74) is 3.82. The van der Waals surface area contributed by atoms with E-state index in [1.165, 1.54) is 37.6 Å². The Bertz CT molecular complexity index is 1330. The number of hydrogen-bond acceptors (Lipinski definition) is 6. The molecule has 5 rings (SSSR count). The van der Waals surface area contributed by atoms with Gasteiger partial charge in [-0.2, -0.15) is 0 Å². The van der Waals surface area contributed by atoms with Crippen LogP contribution in [-0.2, 0) is 20.7 Å². The van der Waals surface area contributed by atoms with Crippen LogP contribution in [0.2, 0.25) is 0 Å². The van der Waals surface area contributed by atoms with Crippen molar-refractivity contribution in [2.45, 2.75) is 26.2 Å². The topological polar surface area (TPSA) is 108 Å². The molecule has 0 spiro atoms. The predicted molar refractivity (Wildman–Crippen MR) is 129 cm³/mol. The number of rotatable bonds is 7. The second kappa shape index (κ2) is 9.15. The number of carboxylic acids is 1. The third-order valence-electron chi connectivity index (χ3n) is 6.33. The van der Waals surface area contributed by atoms with Crippen LogP contribution in [-0.4, -0.2) is 51.4 Å². The zero-order valence-corrected chi connectivity index (χ0v) is 18.9. The first-order chi connectivity index (χ1) is 16.5. The number of aryl methyl sites for hydroxylation is 1. The summed E-state index contributed by atoms with van der Waals surface area (Å²) in [4.78, 5) is 34.5. The molecule has 0 amide bonds. The van der Waals surface area contributed by atoms with Crippen molar-refractivity contribution in [3.63, 3.8) is 0 Å². The van der Waals surface area contributed by atoms with E-state index in [4.69, 9.17) is 4.74 Å². The molecule has 4 heterocycles. The molecule has 8 nitrogen and oxygen atoms in total. The van der Waals surface area contributed by atoms with Crippen molar-refractivity contribution >= 4 is 34.5 Å². The minimum atomic E-state index is -1.34. The van der Waals surface area contributed by atoms with Gasteiger partial charge in [-0.1, -0.05) is 12.1 Å². The zero-order chi connectivity index (χ0) is 23.7. The number of aliphatic carboxylic acids is 1. The van der Waals surface area contributed by atoms with E-state index in [9.17, 15) is 14.7 Å². The molecule has 0 bridgehead atoms. The van der Waals surface area contributed by atoms with Crippen LogP contribution in [0.5, 0.6) is 0 Å². The van der Waals surface area contributed by atoms with Crippen LogP contribution < -0.4 is 5.32 Å². The van der Waals surface area contributed by atoms with Gasteiger partial charge < -0.3 is 25.0 Å². The van der Waals surface area contributed by atoms with Crippen molar-refractivity contribution in [3.05, 3.63) is 76.6 Å². The number of Topliss-reactive ketones (excluding diaryl/α,β-unsaturated/α-hetero) is 1. The highest BCUT2D eigenvalue weighted by atomic mass is 16.5. The van der Waals surface area contributed by atoms with E-state index in [2.05, 4.69) is 26.3 Å². The van der Waals surface area contributed by atoms with E-state index >= 15 is 0 Å². The molecule has 2 aromatic heterocycles. The lowest BCUT2D eigenvalue weighted by Crippen LogP contribution is -2.21. The number of anilines is 1. The molecular formula is C26H26N4O4. The second-order valence-corrected chi connectivity index (χ2v) is 8.67. The minimum Gasteiger partial charge on any atom is -0.477 e. The summed E-state index contributed by atoms with van der Waals surface area (Å²) in [5, 5.41) is 13.5. The predicted octanol–water partition coefficient (Wildman–Crippen LogP) is 3.86. The maximum absolute atomic E-state index is 12.9. The van der Waals surface area contributed by atoms with Crippen LogP contribution in [0.4, 0.5) is 5.69 Å². The molecule has 0 atom stereocenters. The van der Waals surface area contributed by atoms with Gasteiger partial charge >= 0.3 is 5.97 Å². The molecule has 1 saturated heterocycles. The van der Waals surface area contributed by atoms with E-state index < -0.39 is 17.3 Å². The Hall–Kier alpha value is -3.91. The molecule has 1 fully saturated rings. The number of pyridine rings is 1. The number of nitrogens with one attached hydrogen (secondary N) is 2. The lowest BCUT2D eigenvalue weighted by Gasteiger charge is -2.16. The maximum atomic E-state index is 12.9. The fourth-order valence-corrected chi connectivity index (χ4v) is 4.49.